The summed E-state index contributed by atoms with van der Waals surface area (Å²) in [7, 11) is 1.49. The van der Waals surface area contributed by atoms with Crippen LogP contribution < -0.4 is 10.5 Å². The number of hydrogen-bond donors (Lipinski definition) is 1. The minimum Gasteiger partial charge on any atom is -0.481 e. The Kier molecular flexibility index (Phi) is 3.99. The molecule has 0 atom stereocenters. The zero-order valence-electron chi connectivity index (χ0n) is 10.7. The number of nitrogens with zero attached hydrogens (tertiary/aromatic N) is 3. The molecule has 7 nitrogen and oxygen atoms in total. The van der Waals surface area contributed by atoms with E-state index in [1.54, 1.807) is 12.1 Å². The number of aromatic nitrogens is 3. The molecule has 0 aliphatic carbocycles. The van der Waals surface area contributed by atoms with Crippen LogP contribution in [0, 0.1) is 0 Å². The summed E-state index contributed by atoms with van der Waals surface area (Å²) in [5, 5.41) is 0. The molecule has 0 radical (unpaired) electrons. The number of primary amides is 1. The second kappa shape index (κ2) is 5.87. The molecule has 0 saturated carbocycles. The van der Waals surface area contributed by atoms with Crippen LogP contribution in [0.4, 0.5) is 0 Å². The molecule has 0 saturated heterocycles. The van der Waals surface area contributed by atoms with Gasteiger partial charge in [-0.25, -0.2) is 9.97 Å². The molecular weight excluding hydrogens is 260 g/mol. The molecule has 0 bridgehead atoms. The molecule has 7 heteroatoms. The zero-order valence-corrected chi connectivity index (χ0v) is 10.7. The van der Waals surface area contributed by atoms with E-state index in [4.69, 9.17) is 10.5 Å². The summed E-state index contributed by atoms with van der Waals surface area (Å²) in [4.78, 5) is 35.0. The smallest absolute Gasteiger partial charge is 0.269 e. The lowest BCUT2D eigenvalue weighted by Gasteiger charge is -2.04. The molecule has 102 valence electrons. The number of pyridine rings is 1. The van der Waals surface area contributed by atoms with Crippen molar-refractivity contribution >= 4 is 11.7 Å². The third-order valence-corrected chi connectivity index (χ3v) is 2.60. The third-order valence-electron chi connectivity index (χ3n) is 2.60. The molecule has 2 heterocycles. The summed E-state index contributed by atoms with van der Waals surface area (Å²) in [6, 6.07) is 3.17. The quantitative estimate of drug-likeness (QED) is 0.789. The minimum absolute atomic E-state index is 0.00215. The van der Waals surface area contributed by atoms with Gasteiger partial charge in [0.25, 0.3) is 5.91 Å². The molecular formula is C13H12N4O3. The lowest BCUT2D eigenvalue weighted by atomic mass is 10.1. The van der Waals surface area contributed by atoms with Crippen LogP contribution in [0.2, 0.25) is 0 Å². The Hall–Kier alpha value is -2.83. The maximum atomic E-state index is 12.1. The van der Waals surface area contributed by atoms with E-state index in [1.807, 2.05) is 0 Å². The van der Waals surface area contributed by atoms with Crippen LogP contribution in [0.5, 0.6) is 5.88 Å². The van der Waals surface area contributed by atoms with E-state index in [0.29, 0.717) is 11.4 Å². The molecule has 0 aliphatic heterocycles. The highest BCUT2D eigenvalue weighted by atomic mass is 16.5. The van der Waals surface area contributed by atoms with Gasteiger partial charge in [0.2, 0.25) is 5.88 Å². The number of nitrogens with two attached hydrogens (primary N) is 1. The molecule has 0 unspecified atom stereocenters. The van der Waals surface area contributed by atoms with E-state index >= 15 is 0 Å². The van der Waals surface area contributed by atoms with Crippen molar-refractivity contribution in [2.24, 2.45) is 5.73 Å². The first-order valence-corrected chi connectivity index (χ1v) is 5.74. The van der Waals surface area contributed by atoms with E-state index in [9.17, 15) is 9.59 Å². The Bertz CT molecular complexity index is 640. The predicted octanol–water partition coefficient (Wildman–Crippen LogP) is 0.404. The summed E-state index contributed by atoms with van der Waals surface area (Å²) >= 11 is 0. The first-order chi connectivity index (χ1) is 9.61. The van der Waals surface area contributed by atoms with Gasteiger partial charge >= 0.3 is 0 Å². The maximum absolute atomic E-state index is 12.1. The Morgan fingerprint density at radius 3 is 2.55 bits per heavy atom. The molecule has 0 aromatic carbocycles. The van der Waals surface area contributed by atoms with Gasteiger partial charge in [-0.2, -0.15) is 0 Å². The van der Waals surface area contributed by atoms with Crippen LogP contribution in [0.1, 0.15) is 26.5 Å². The van der Waals surface area contributed by atoms with Gasteiger partial charge in [0.15, 0.2) is 5.78 Å². The van der Waals surface area contributed by atoms with Crippen LogP contribution in [0.3, 0.4) is 0 Å². The van der Waals surface area contributed by atoms with E-state index in [1.165, 1.54) is 25.7 Å². The first kappa shape index (κ1) is 13.6. The lowest BCUT2D eigenvalue weighted by molar-refractivity contribution is 0.0987. The van der Waals surface area contributed by atoms with Gasteiger partial charge in [0.1, 0.15) is 5.69 Å². The second-order valence-corrected chi connectivity index (χ2v) is 3.91. The zero-order chi connectivity index (χ0) is 14.5. The number of methoxy groups -OCH3 is 1. The number of amides is 1. The van der Waals surface area contributed by atoms with Gasteiger partial charge in [-0.1, -0.05) is 0 Å². The van der Waals surface area contributed by atoms with Crippen molar-refractivity contribution < 1.29 is 14.3 Å². The summed E-state index contributed by atoms with van der Waals surface area (Å²) < 4.78 is 4.91. The number of rotatable bonds is 5. The van der Waals surface area contributed by atoms with Crippen LogP contribution in [-0.2, 0) is 6.42 Å². The standard InChI is InChI=1S/C13H12N4O3/c1-20-11-3-2-8(7-17-11)10(18)6-9-12(13(14)19)16-5-4-15-9/h2-5,7H,6H2,1H3,(H2,14,19). The molecule has 0 aliphatic rings. The Morgan fingerprint density at radius 1 is 1.20 bits per heavy atom. The summed E-state index contributed by atoms with van der Waals surface area (Å²) in [6.07, 6.45) is 4.09. The van der Waals surface area contributed by atoms with Crippen LogP contribution in [0.15, 0.2) is 30.7 Å². The average molecular weight is 272 g/mol. The fourth-order valence-corrected chi connectivity index (χ4v) is 1.62. The molecule has 1 amide bonds. The van der Waals surface area contributed by atoms with Crippen LogP contribution in [-0.4, -0.2) is 33.8 Å². The number of Topliss-reactive ketones (excluding diaryl/α,β-unsaturated/α-hetero) is 1. The summed E-state index contributed by atoms with van der Waals surface area (Å²) in [5.74, 6) is -0.532. The fraction of sp³-hybridized carbons (Fsp3) is 0.154. The summed E-state index contributed by atoms with van der Waals surface area (Å²) in [6.45, 7) is 0. The minimum atomic E-state index is -0.714. The predicted molar refractivity (Wildman–Crippen MR) is 69.4 cm³/mol. The molecule has 0 spiro atoms. The maximum Gasteiger partial charge on any atom is 0.269 e. The highest BCUT2D eigenvalue weighted by Crippen LogP contribution is 2.10. The largest absolute Gasteiger partial charge is 0.481 e. The molecule has 20 heavy (non-hydrogen) atoms. The van der Waals surface area contributed by atoms with Gasteiger partial charge in [0, 0.05) is 30.2 Å². The van der Waals surface area contributed by atoms with E-state index < -0.39 is 5.91 Å². The van der Waals surface area contributed by atoms with Gasteiger partial charge < -0.3 is 10.5 Å². The monoisotopic (exact) mass is 272 g/mol. The van der Waals surface area contributed by atoms with Gasteiger partial charge in [-0.3, -0.25) is 14.6 Å². The highest BCUT2D eigenvalue weighted by Gasteiger charge is 2.15. The number of ketones is 1. The lowest BCUT2D eigenvalue weighted by Crippen LogP contribution is -2.18. The third kappa shape index (κ3) is 2.94. The second-order valence-electron chi connectivity index (χ2n) is 3.91. The van der Waals surface area contributed by atoms with Crippen LogP contribution in [0.25, 0.3) is 0 Å². The highest BCUT2D eigenvalue weighted by molar-refractivity contribution is 5.99. The van der Waals surface area contributed by atoms with Crippen LogP contribution >= 0.6 is 0 Å². The van der Waals surface area contributed by atoms with E-state index in [2.05, 4.69) is 15.0 Å². The SMILES string of the molecule is COc1ccc(C(=O)Cc2nccnc2C(N)=O)cn1. The average Bonchev–Trinajstić information content (AvgIpc) is 2.47. The van der Waals surface area contributed by atoms with E-state index in [0.717, 1.165) is 0 Å². The van der Waals surface area contributed by atoms with Gasteiger partial charge in [-0.15, -0.1) is 0 Å². The van der Waals surface area contributed by atoms with Crippen molar-refractivity contribution in [1.29, 1.82) is 0 Å². The Morgan fingerprint density at radius 2 is 1.95 bits per heavy atom. The number of carbonyl (C=O) groups is 2. The van der Waals surface area contributed by atoms with Gasteiger partial charge in [0.05, 0.1) is 19.2 Å². The van der Waals surface area contributed by atoms with Gasteiger partial charge in [-0.05, 0) is 6.07 Å². The topological polar surface area (TPSA) is 108 Å². The molecule has 2 N–H and O–H groups in total. The normalized spacial score (nSPS) is 10.1. The number of hydrogen-bond acceptors (Lipinski definition) is 6. The van der Waals surface area contributed by atoms with Crippen molar-refractivity contribution in [3.05, 3.63) is 47.7 Å². The number of ether oxygens (including phenoxy) is 1. The Balaban J connectivity index is 2.21. The summed E-state index contributed by atoms with van der Waals surface area (Å²) in [5.41, 5.74) is 5.83. The van der Waals surface area contributed by atoms with Crippen molar-refractivity contribution in [2.75, 3.05) is 7.11 Å². The molecule has 2 rings (SSSR count). The first-order valence-electron chi connectivity index (χ1n) is 5.74. The van der Waals surface area contributed by atoms with Crippen molar-refractivity contribution in [1.82, 2.24) is 15.0 Å². The van der Waals surface area contributed by atoms with Crippen molar-refractivity contribution in [3.8, 4) is 5.88 Å². The van der Waals surface area contributed by atoms with Crippen molar-refractivity contribution in [2.45, 2.75) is 6.42 Å². The van der Waals surface area contributed by atoms with E-state index in [-0.39, 0.29) is 23.6 Å². The molecule has 2 aromatic rings. The molecule has 0 fully saturated rings. The number of carbonyl (C=O) groups excluding carboxylic acids is 2. The fourth-order valence-electron chi connectivity index (χ4n) is 1.62. The Labute approximate surface area is 114 Å². The van der Waals surface area contributed by atoms with Crippen molar-refractivity contribution in [3.63, 3.8) is 0 Å². The molecule has 2 aromatic heterocycles.